The fourth-order valence-corrected chi connectivity index (χ4v) is 3.01. The van der Waals surface area contributed by atoms with Crippen LogP contribution in [0.1, 0.15) is 69.8 Å². The number of anilines is 1. The summed E-state index contributed by atoms with van der Waals surface area (Å²) in [6.07, 6.45) is 7.67. The molecule has 3 heteroatoms. The molecule has 0 bridgehead atoms. The van der Waals surface area contributed by atoms with E-state index in [0.717, 1.165) is 36.2 Å². The van der Waals surface area contributed by atoms with Gasteiger partial charge in [0, 0.05) is 24.2 Å². The number of hydrogen-bond donors (Lipinski definition) is 1. The first kappa shape index (κ1) is 14.3. The molecule has 2 atom stereocenters. The molecular formula is C16H27N3. The first-order valence-electron chi connectivity index (χ1n) is 7.82. The Balaban J connectivity index is 2.11. The summed E-state index contributed by atoms with van der Waals surface area (Å²) >= 11 is 0. The Bertz CT molecular complexity index is 403. The molecule has 2 unspecified atom stereocenters. The van der Waals surface area contributed by atoms with Crippen LogP contribution in [0.4, 0.5) is 5.82 Å². The van der Waals surface area contributed by atoms with Gasteiger partial charge in [0.2, 0.25) is 0 Å². The fraction of sp³-hybridized carbons (Fsp3) is 0.750. The fourth-order valence-electron chi connectivity index (χ4n) is 3.01. The molecule has 1 aromatic rings. The molecule has 1 aromatic heterocycles. The lowest BCUT2D eigenvalue weighted by molar-refractivity contribution is 0.307. The van der Waals surface area contributed by atoms with Crippen LogP contribution in [0.5, 0.6) is 0 Å². The minimum atomic E-state index is 0.570. The van der Waals surface area contributed by atoms with Gasteiger partial charge in [-0.15, -0.1) is 0 Å². The minimum Gasteiger partial charge on any atom is -0.370 e. The second-order valence-corrected chi connectivity index (χ2v) is 5.82. The lowest BCUT2D eigenvalue weighted by Gasteiger charge is -2.27. The second-order valence-electron chi connectivity index (χ2n) is 5.82. The summed E-state index contributed by atoms with van der Waals surface area (Å²) in [4.78, 5) is 9.42. The average molecular weight is 261 g/mol. The van der Waals surface area contributed by atoms with Gasteiger partial charge in [0.15, 0.2) is 0 Å². The third-order valence-electron chi connectivity index (χ3n) is 4.15. The molecule has 1 fully saturated rings. The van der Waals surface area contributed by atoms with Crippen molar-refractivity contribution in [2.45, 2.75) is 65.2 Å². The van der Waals surface area contributed by atoms with Crippen molar-refractivity contribution in [2.24, 2.45) is 5.92 Å². The van der Waals surface area contributed by atoms with Crippen molar-refractivity contribution in [3.63, 3.8) is 0 Å². The van der Waals surface area contributed by atoms with Crippen LogP contribution in [-0.4, -0.2) is 16.5 Å². The van der Waals surface area contributed by atoms with Crippen molar-refractivity contribution in [2.75, 3.05) is 11.9 Å². The molecule has 1 saturated carbocycles. The zero-order valence-electron chi connectivity index (χ0n) is 12.6. The Morgan fingerprint density at radius 3 is 2.84 bits per heavy atom. The molecule has 106 valence electrons. The largest absolute Gasteiger partial charge is 0.370 e. The van der Waals surface area contributed by atoms with Crippen molar-refractivity contribution >= 4 is 5.82 Å². The lowest BCUT2D eigenvalue weighted by Crippen LogP contribution is -2.17. The Hall–Kier alpha value is -1.12. The minimum absolute atomic E-state index is 0.570. The third kappa shape index (κ3) is 3.92. The monoisotopic (exact) mass is 261 g/mol. The molecule has 0 spiro atoms. The zero-order valence-corrected chi connectivity index (χ0v) is 12.6. The maximum Gasteiger partial charge on any atom is 0.134 e. The molecule has 1 N–H and O–H groups in total. The molecule has 3 nitrogen and oxygen atoms in total. The molecular weight excluding hydrogens is 234 g/mol. The number of nitrogens with one attached hydrogen (secondary N) is 1. The van der Waals surface area contributed by atoms with Crippen LogP contribution < -0.4 is 5.32 Å². The topological polar surface area (TPSA) is 37.8 Å². The van der Waals surface area contributed by atoms with E-state index < -0.39 is 0 Å². The van der Waals surface area contributed by atoms with Gasteiger partial charge in [0.1, 0.15) is 11.6 Å². The van der Waals surface area contributed by atoms with Crippen molar-refractivity contribution < 1.29 is 0 Å². The summed E-state index contributed by atoms with van der Waals surface area (Å²) in [6, 6.07) is 2.05. The van der Waals surface area contributed by atoms with Gasteiger partial charge in [-0.2, -0.15) is 0 Å². The Morgan fingerprint density at radius 2 is 2.11 bits per heavy atom. The highest BCUT2D eigenvalue weighted by Crippen LogP contribution is 2.36. The Kier molecular flexibility index (Phi) is 5.17. The standard InChI is InChI=1S/C16H27N3/c1-4-9-17-15-10-12(3)18-16(19-15)14-8-6-7-13(5-2)11-14/h10,13-14H,4-9,11H2,1-3H3,(H,17,18,19). The number of nitrogens with zero attached hydrogens (tertiary/aromatic N) is 2. The highest BCUT2D eigenvalue weighted by atomic mass is 15.0. The van der Waals surface area contributed by atoms with Gasteiger partial charge in [-0.25, -0.2) is 9.97 Å². The number of aromatic nitrogens is 2. The van der Waals surface area contributed by atoms with Crippen LogP contribution >= 0.6 is 0 Å². The smallest absolute Gasteiger partial charge is 0.134 e. The second kappa shape index (κ2) is 6.88. The molecule has 0 aromatic carbocycles. The van der Waals surface area contributed by atoms with Crippen molar-refractivity contribution in [3.8, 4) is 0 Å². The summed E-state index contributed by atoms with van der Waals surface area (Å²) in [6.45, 7) is 7.54. The first-order valence-corrected chi connectivity index (χ1v) is 7.82. The SMILES string of the molecule is CCCNc1cc(C)nc(C2CCCC(CC)C2)n1. The van der Waals surface area contributed by atoms with E-state index in [2.05, 4.69) is 37.1 Å². The van der Waals surface area contributed by atoms with Gasteiger partial charge in [0.05, 0.1) is 0 Å². The van der Waals surface area contributed by atoms with Gasteiger partial charge in [-0.3, -0.25) is 0 Å². The van der Waals surface area contributed by atoms with E-state index in [9.17, 15) is 0 Å². The highest BCUT2D eigenvalue weighted by molar-refractivity contribution is 5.36. The average Bonchev–Trinajstić information content (AvgIpc) is 2.44. The number of hydrogen-bond acceptors (Lipinski definition) is 3. The first-order chi connectivity index (χ1) is 9.22. The predicted octanol–water partition coefficient (Wildman–Crippen LogP) is 4.29. The maximum absolute atomic E-state index is 4.74. The van der Waals surface area contributed by atoms with Crippen LogP contribution in [0, 0.1) is 12.8 Å². The van der Waals surface area contributed by atoms with E-state index in [4.69, 9.17) is 4.98 Å². The van der Waals surface area contributed by atoms with E-state index in [1.54, 1.807) is 0 Å². The van der Waals surface area contributed by atoms with E-state index in [-0.39, 0.29) is 0 Å². The van der Waals surface area contributed by atoms with Crippen LogP contribution in [0.3, 0.4) is 0 Å². The van der Waals surface area contributed by atoms with Crippen LogP contribution in [0.15, 0.2) is 6.07 Å². The van der Waals surface area contributed by atoms with E-state index in [1.165, 1.54) is 32.1 Å². The van der Waals surface area contributed by atoms with E-state index >= 15 is 0 Å². The van der Waals surface area contributed by atoms with Crippen molar-refractivity contribution in [3.05, 3.63) is 17.6 Å². The van der Waals surface area contributed by atoms with Gasteiger partial charge in [-0.1, -0.05) is 33.1 Å². The van der Waals surface area contributed by atoms with Crippen molar-refractivity contribution in [1.29, 1.82) is 0 Å². The summed E-state index contributed by atoms with van der Waals surface area (Å²) < 4.78 is 0. The summed E-state index contributed by atoms with van der Waals surface area (Å²) in [5.74, 6) is 3.51. The quantitative estimate of drug-likeness (QED) is 0.859. The normalized spacial score (nSPS) is 23.3. The summed E-state index contributed by atoms with van der Waals surface area (Å²) in [7, 11) is 0. The molecule has 0 radical (unpaired) electrons. The van der Waals surface area contributed by atoms with Gasteiger partial charge < -0.3 is 5.32 Å². The van der Waals surface area contributed by atoms with E-state index in [0.29, 0.717) is 5.92 Å². The Morgan fingerprint density at radius 1 is 1.26 bits per heavy atom. The van der Waals surface area contributed by atoms with E-state index in [1.807, 2.05) is 0 Å². The number of rotatable bonds is 5. The predicted molar refractivity (Wildman–Crippen MR) is 80.5 cm³/mol. The summed E-state index contributed by atoms with van der Waals surface area (Å²) in [5, 5.41) is 3.39. The zero-order chi connectivity index (χ0) is 13.7. The molecule has 1 aliphatic rings. The lowest BCUT2D eigenvalue weighted by atomic mass is 9.80. The third-order valence-corrected chi connectivity index (χ3v) is 4.15. The maximum atomic E-state index is 4.74. The van der Waals surface area contributed by atoms with Crippen LogP contribution in [-0.2, 0) is 0 Å². The van der Waals surface area contributed by atoms with Gasteiger partial charge in [-0.05, 0) is 32.1 Å². The molecule has 2 rings (SSSR count). The van der Waals surface area contributed by atoms with Gasteiger partial charge >= 0.3 is 0 Å². The molecule has 0 aliphatic heterocycles. The van der Waals surface area contributed by atoms with Crippen LogP contribution in [0.25, 0.3) is 0 Å². The number of aryl methyl sites for hydroxylation is 1. The molecule has 19 heavy (non-hydrogen) atoms. The summed E-state index contributed by atoms with van der Waals surface area (Å²) in [5.41, 5.74) is 1.09. The highest BCUT2D eigenvalue weighted by Gasteiger charge is 2.24. The molecule has 1 heterocycles. The Labute approximate surface area is 117 Å². The van der Waals surface area contributed by atoms with Gasteiger partial charge in [0.25, 0.3) is 0 Å². The van der Waals surface area contributed by atoms with Crippen molar-refractivity contribution in [1.82, 2.24) is 9.97 Å². The molecule has 0 amide bonds. The van der Waals surface area contributed by atoms with Crippen LogP contribution in [0.2, 0.25) is 0 Å². The molecule has 0 saturated heterocycles. The molecule has 1 aliphatic carbocycles.